The summed E-state index contributed by atoms with van der Waals surface area (Å²) in [4.78, 5) is 11.8. The van der Waals surface area contributed by atoms with E-state index in [-0.39, 0.29) is 11.0 Å². The van der Waals surface area contributed by atoms with Crippen LogP contribution in [0.25, 0.3) is 10.6 Å². The summed E-state index contributed by atoms with van der Waals surface area (Å²) in [6.07, 6.45) is -1.33. The van der Waals surface area contributed by atoms with Gasteiger partial charge < -0.3 is 5.32 Å². The second-order valence-corrected chi connectivity index (χ2v) is 7.38. The van der Waals surface area contributed by atoms with Crippen LogP contribution in [0.4, 0.5) is 18.3 Å². The molecule has 0 aliphatic heterocycles. The number of carbonyl (C=O) groups is 1. The van der Waals surface area contributed by atoms with Crippen LogP contribution in [0.5, 0.6) is 0 Å². The number of nitrogens with zero attached hydrogens (tertiary/aromatic N) is 2. The minimum atomic E-state index is -4.41. The second kappa shape index (κ2) is 7.98. The molecule has 4 nitrogen and oxygen atoms in total. The zero-order valence-electron chi connectivity index (χ0n) is 13.1. The summed E-state index contributed by atoms with van der Waals surface area (Å²) in [5, 5.41) is 11.3. The number of amides is 1. The Morgan fingerprint density at radius 2 is 2.12 bits per heavy atom. The van der Waals surface area contributed by atoms with E-state index in [9.17, 15) is 18.0 Å². The molecule has 0 spiro atoms. The van der Waals surface area contributed by atoms with Crippen molar-refractivity contribution in [1.82, 2.24) is 10.2 Å². The average molecular weight is 375 g/mol. The molecule has 0 bridgehead atoms. The Morgan fingerprint density at radius 1 is 1.38 bits per heavy atom. The highest BCUT2D eigenvalue weighted by Crippen LogP contribution is 2.33. The van der Waals surface area contributed by atoms with Crippen LogP contribution in [-0.4, -0.2) is 27.6 Å². The first-order chi connectivity index (χ1) is 11.3. The predicted octanol–water partition coefficient (Wildman–Crippen LogP) is 4.69. The molecule has 1 N–H and O–H groups in total. The van der Waals surface area contributed by atoms with Crippen molar-refractivity contribution in [2.45, 2.75) is 31.2 Å². The third-order valence-electron chi connectivity index (χ3n) is 3.29. The van der Waals surface area contributed by atoms with Crippen molar-refractivity contribution in [3.8, 4) is 10.6 Å². The van der Waals surface area contributed by atoms with Crippen LogP contribution >= 0.6 is 23.1 Å². The van der Waals surface area contributed by atoms with Crippen LogP contribution in [0, 0.1) is 0 Å². The molecule has 0 saturated heterocycles. The molecule has 1 aromatic heterocycles. The van der Waals surface area contributed by atoms with Gasteiger partial charge in [-0.1, -0.05) is 30.4 Å². The minimum Gasteiger partial charge on any atom is -0.301 e. The number of thioether (sulfide) groups is 1. The fraction of sp³-hybridized carbons (Fsp3) is 0.400. The van der Waals surface area contributed by atoms with Crippen molar-refractivity contribution in [3.05, 3.63) is 29.8 Å². The molecule has 9 heteroatoms. The number of rotatable bonds is 6. The number of alkyl halides is 3. The van der Waals surface area contributed by atoms with Gasteiger partial charge in [0.25, 0.3) is 0 Å². The van der Waals surface area contributed by atoms with Crippen molar-refractivity contribution in [1.29, 1.82) is 0 Å². The van der Waals surface area contributed by atoms with Gasteiger partial charge in [0, 0.05) is 17.2 Å². The number of hydrogen-bond donors (Lipinski definition) is 1. The second-order valence-electron chi connectivity index (χ2n) is 5.12. The highest BCUT2D eigenvalue weighted by Gasteiger charge is 2.30. The van der Waals surface area contributed by atoms with Crippen LogP contribution in [0.2, 0.25) is 0 Å². The maximum atomic E-state index is 12.7. The topological polar surface area (TPSA) is 54.9 Å². The van der Waals surface area contributed by atoms with Crippen LogP contribution in [0.3, 0.4) is 0 Å². The Morgan fingerprint density at radius 3 is 2.79 bits per heavy atom. The van der Waals surface area contributed by atoms with Crippen LogP contribution < -0.4 is 5.32 Å². The van der Waals surface area contributed by atoms with Crippen LogP contribution in [0.1, 0.15) is 25.3 Å². The Bertz CT molecular complexity index is 703. The summed E-state index contributed by atoms with van der Waals surface area (Å²) in [5.74, 6) is -0.178. The molecule has 0 fully saturated rings. The van der Waals surface area contributed by atoms with Crippen molar-refractivity contribution < 1.29 is 18.0 Å². The molecule has 2 rings (SSSR count). The third-order valence-corrected chi connectivity index (χ3v) is 5.22. The molecule has 1 heterocycles. The molecule has 2 aromatic rings. The summed E-state index contributed by atoms with van der Waals surface area (Å²) in [6.45, 7) is 2.04. The van der Waals surface area contributed by atoms with Gasteiger partial charge >= 0.3 is 6.18 Å². The molecular weight excluding hydrogens is 359 g/mol. The van der Waals surface area contributed by atoms with E-state index in [0.29, 0.717) is 22.2 Å². The molecule has 0 aliphatic carbocycles. The van der Waals surface area contributed by atoms with Crippen LogP contribution in [0.15, 0.2) is 24.3 Å². The first kappa shape index (κ1) is 18.7. The number of benzene rings is 1. The summed E-state index contributed by atoms with van der Waals surface area (Å²) in [5.41, 5.74) is -0.425. The van der Waals surface area contributed by atoms with Gasteiger partial charge in [0.2, 0.25) is 11.0 Å². The SMILES string of the molecule is CSC(C)CCC(=O)Nc1nnc(-c2cccc(C(F)(F)F)c2)s1. The molecule has 1 unspecified atom stereocenters. The Labute approximate surface area is 145 Å². The molecule has 0 radical (unpaired) electrons. The molecule has 1 atom stereocenters. The van der Waals surface area contributed by atoms with E-state index < -0.39 is 11.7 Å². The fourth-order valence-corrected chi connectivity index (χ4v) is 2.96. The molecule has 1 amide bonds. The molecule has 1 aromatic carbocycles. The van der Waals surface area contributed by atoms with E-state index in [0.717, 1.165) is 29.9 Å². The number of nitrogens with one attached hydrogen (secondary N) is 1. The normalized spacial score (nSPS) is 12.9. The van der Waals surface area contributed by atoms with Crippen molar-refractivity contribution in [2.24, 2.45) is 0 Å². The van der Waals surface area contributed by atoms with Crippen molar-refractivity contribution >= 4 is 34.1 Å². The van der Waals surface area contributed by atoms with Gasteiger partial charge in [-0.3, -0.25) is 4.79 Å². The number of halogens is 3. The molecule has 24 heavy (non-hydrogen) atoms. The lowest BCUT2D eigenvalue weighted by atomic mass is 10.1. The Balaban J connectivity index is 2.04. The van der Waals surface area contributed by atoms with Gasteiger partial charge in [-0.05, 0) is 24.8 Å². The van der Waals surface area contributed by atoms with Gasteiger partial charge in [0.15, 0.2) is 0 Å². The quantitative estimate of drug-likeness (QED) is 0.796. The minimum absolute atomic E-state index is 0.178. The average Bonchev–Trinajstić information content (AvgIpc) is 3.00. The summed E-state index contributed by atoms with van der Waals surface area (Å²) >= 11 is 2.73. The third kappa shape index (κ3) is 5.20. The summed E-state index contributed by atoms with van der Waals surface area (Å²) in [7, 11) is 0. The molecule has 0 saturated carbocycles. The zero-order chi connectivity index (χ0) is 17.7. The van der Waals surface area contributed by atoms with Gasteiger partial charge in [0.1, 0.15) is 5.01 Å². The van der Waals surface area contributed by atoms with Gasteiger partial charge in [-0.15, -0.1) is 10.2 Å². The van der Waals surface area contributed by atoms with Gasteiger partial charge in [0.05, 0.1) is 5.56 Å². The van der Waals surface area contributed by atoms with E-state index in [1.165, 1.54) is 12.1 Å². The number of hydrogen-bond acceptors (Lipinski definition) is 5. The maximum absolute atomic E-state index is 12.7. The number of anilines is 1. The number of aromatic nitrogens is 2. The zero-order valence-corrected chi connectivity index (χ0v) is 14.7. The lowest BCUT2D eigenvalue weighted by molar-refractivity contribution is -0.137. The molecule has 0 aliphatic rings. The fourth-order valence-electron chi connectivity index (χ4n) is 1.85. The first-order valence-electron chi connectivity index (χ1n) is 7.13. The van der Waals surface area contributed by atoms with Crippen molar-refractivity contribution in [2.75, 3.05) is 11.6 Å². The van der Waals surface area contributed by atoms with E-state index in [4.69, 9.17) is 0 Å². The maximum Gasteiger partial charge on any atom is 0.416 e. The highest BCUT2D eigenvalue weighted by molar-refractivity contribution is 7.99. The lowest BCUT2D eigenvalue weighted by Crippen LogP contribution is -2.13. The van der Waals surface area contributed by atoms with Gasteiger partial charge in [-0.25, -0.2) is 0 Å². The van der Waals surface area contributed by atoms with Crippen LogP contribution in [-0.2, 0) is 11.0 Å². The van der Waals surface area contributed by atoms with E-state index in [2.05, 4.69) is 15.5 Å². The summed E-state index contributed by atoms with van der Waals surface area (Å²) < 4.78 is 38.2. The summed E-state index contributed by atoms with van der Waals surface area (Å²) in [6, 6.07) is 4.87. The van der Waals surface area contributed by atoms with Crippen molar-refractivity contribution in [3.63, 3.8) is 0 Å². The predicted molar refractivity (Wildman–Crippen MR) is 91.2 cm³/mol. The lowest BCUT2D eigenvalue weighted by Gasteiger charge is -2.07. The molecular formula is C15H16F3N3OS2. The highest BCUT2D eigenvalue weighted by atomic mass is 32.2. The molecule has 130 valence electrons. The Kier molecular flexibility index (Phi) is 6.22. The van der Waals surface area contributed by atoms with Gasteiger partial charge in [-0.2, -0.15) is 24.9 Å². The van der Waals surface area contributed by atoms with E-state index >= 15 is 0 Å². The largest absolute Gasteiger partial charge is 0.416 e. The monoisotopic (exact) mass is 375 g/mol. The Hall–Kier alpha value is -1.61. The van der Waals surface area contributed by atoms with E-state index in [1.54, 1.807) is 11.8 Å². The smallest absolute Gasteiger partial charge is 0.301 e. The standard InChI is InChI=1S/C15H16F3N3OS2/c1-9(23-2)6-7-12(22)19-14-21-20-13(24-14)10-4-3-5-11(8-10)15(16,17)18/h3-5,8-9H,6-7H2,1-2H3,(H,19,21,22). The first-order valence-corrected chi connectivity index (χ1v) is 9.24. The number of carbonyl (C=O) groups excluding carboxylic acids is 1. The van der Waals surface area contributed by atoms with E-state index in [1.807, 2.05) is 13.2 Å².